The highest BCUT2D eigenvalue weighted by molar-refractivity contribution is 7.11. The maximum Gasteiger partial charge on any atom is 0.315 e. The van der Waals surface area contributed by atoms with Crippen molar-refractivity contribution in [1.29, 1.82) is 0 Å². The molecule has 1 atom stereocenters. The summed E-state index contributed by atoms with van der Waals surface area (Å²) >= 11 is 1.65. The molecule has 1 aliphatic heterocycles. The van der Waals surface area contributed by atoms with Gasteiger partial charge in [-0.05, 0) is 19.8 Å². The number of primary amides is 1. The first-order chi connectivity index (χ1) is 9.49. The van der Waals surface area contributed by atoms with Crippen LogP contribution >= 0.6 is 11.3 Å². The first kappa shape index (κ1) is 14.8. The number of nitrogens with zero attached hydrogens (tertiary/aromatic N) is 3. The number of aromatic nitrogens is 1. The summed E-state index contributed by atoms with van der Waals surface area (Å²) in [5.74, 6) is -0.0328. The quantitative estimate of drug-likeness (QED) is 0.900. The number of nitrogens with two attached hydrogens (primary N) is 1. The summed E-state index contributed by atoms with van der Waals surface area (Å²) in [6.07, 6.45) is 4.11. The summed E-state index contributed by atoms with van der Waals surface area (Å²) in [7, 11) is 1.76. The molecule has 7 heteroatoms. The number of thiazole rings is 1. The minimum absolute atomic E-state index is 0.0328. The number of likely N-dealkylation sites (tertiary alicyclic amines) is 1. The zero-order valence-corrected chi connectivity index (χ0v) is 12.7. The van der Waals surface area contributed by atoms with Gasteiger partial charge >= 0.3 is 6.03 Å². The normalized spacial score (nSPS) is 18.3. The van der Waals surface area contributed by atoms with E-state index in [1.807, 2.05) is 13.1 Å². The first-order valence-corrected chi connectivity index (χ1v) is 7.53. The molecule has 2 rings (SSSR count). The largest absolute Gasteiger partial charge is 0.351 e. The molecule has 0 aliphatic carbocycles. The number of rotatable bonds is 4. The monoisotopic (exact) mass is 296 g/mol. The Balaban J connectivity index is 1.90. The van der Waals surface area contributed by atoms with Crippen molar-refractivity contribution in [2.75, 3.05) is 20.1 Å². The number of carbonyl (C=O) groups is 2. The van der Waals surface area contributed by atoms with E-state index in [1.165, 1.54) is 9.78 Å². The molecule has 0 unspecified atom stereocenters. The van der Waals surface area contributed by atoms with Crippen LogP contribution in [0, 0.1) is 6.92 Å². The molecule has 3 amide bonds. The summed E-state index contributed by atoms with van der Waals surface area (Å²) in [5, 5.41) is 1.03. The molecule has 0 radical (unpaired) electrons. The molecular weight excluding hydrogens is 276 g/mol. The summed E-state index contributed by atoms with van der Waals surface area (Å²) in [4.78, 5) is 32.2. The molecule has 0 aromatic carbocycles. The highest BCUT2D eigenvalue weighted by Gasteiger charge is 2.34. The van der Waals surface area contributed by atoms with Gasteiger partial charge in [0.1, 0.15) is 6.04 Å². The van der Waals surface area contributed by atoms with E-state index in [2.05, 4.69) is 4.98 Å². The van der Waals surface area contributed by atoms with Gasteiger partial charge in [-0.2, -0.15) is 0 Å². The molecule has 6 nitrogen and oxygen atoms in total. The smallest absolute Gasteiger partial charge is 0.315 e. The molecule has 0 saturated carbocycles. The molecule has 110 valence electrons. The Labute approximate surface area is 122 Å². The summed E-state index contributed by atoms with van der Waals surface area (Å²) in [6.45, 7) is 3.19. The molecule has 1 aliphatic rings. The second kappa shape index (κ2) is 6.21. The third-order valence-electron chi connectivity index (χ3n) is 3.53. The Bertz CT molecular complexity index is 502. The van der Waals surface area contributed by atoms with Gasteiger partial charge < -0.3 is 15.5 Å². The van der Waals surface area contributed by atoms with Crippen molar-refractivity contribution in [2.24, 2.45) is 5.73 Å². The molecular formula is C13H20N4O2S. The van der Waals surface area contributed by atoms with Gasteiger partial charge in [0.25, 0.3) is 0 Å². The minimum Gasteiger partial charge on any atom is -0.351 e. The van der Waals surface area contributed by atoms with Crippen LogP contribution in [0.4, 0.5) is 4.79 Å². The topological polar surface area (TPSA) is 79.5 Å². The Hall–Kier alpha value is -1.63. The van der Waals surface area contributed by atoms with Crippen molar-refractivity contribution >= 4 is 23.3 Å². The van der Waals surface area contributed by atoms with Crippen molar-refractivity contribution in [3.63, 3.8) is 0 Å². The zero-order chi connectivity index (χ0) is 14.7. The van der Waals surface area contributed by atoms with Gasteiger partial charge in [0.15, 0.2) is 0 Å². The molecule has 1 aromatic heterocycles. The van der Waals surface area contributed by atoms with E-state index >= 15 is 0 Å². The van der Waals surface area contributed by atoms with Gasteiger partial charge in [-0.25, -0.2) is 9.78 Å². The lowest BCUT2D eigenvalue weighted by molar-refractivity contribution is -0.133. The van der Waals surface area contributed by atoms with Gasteiger partial charge in [-0.1, -0.05) is 0 Å². The van der Waals surface area contributed by atoms with Crippen LogP contribution < -0.4 is 5.73 Å². The SMILES string of the molecule is Cc1cnc(CCN(C)C(=O)[C@@H]2CCCN2C(N)=O)s1. The van der Waals surface area contributed by atoms with Crippen LogP contribution in [0.5, 0.6) is 0 Å². The van der Waals surface area contributed by atoms with E-state index in [1.54, 1.807) is 23.3 Å². The van der Waals surface area contributed by atoms with Gasteiger partial charge in [0.05, 0.1) is 5.01 Å². The Morgan fingerprint density at radius 1 is 1.60 bits per heavy atom. The summed E-state index contributed by atoms with van der Waals surface area (Å²) < 4.78 is 0. The fourth-order valence-corrected chi connectivity index (χ4v) is 3.21. The molecule has 0 bridgehead atoms. The molecule has 1 aromatic rings. The van der Waals surface area contributed by atoms with Gasteiger partial charge in [0, 0.05) is 37.6 Å². The Morgan fingerprint density at radius 3 is 2.95 bits per heavy atom. The fourth-order valence-electron chi connectivity index (χ4n) is 2.43. The highest BCUT2D eigenvalue weighted by Crippen LogP contribution is 2.19. The number of urea groups is 1. The van der Waals surface area contributed by atoms with Crippen molar-refractivity contribution in [3.05, 3.63) is 16.1 Å². The fraction of sp³-hybridized carbons (Fsp3) is 0.615. The maximum absolute atomic E-state index is 12.3. The minimum atomic E-state index is -0.509. The number of likely N-dealkylation sites (N-methyl/N-ethyl adjacent to an activating group) is 1. The predicted molar refractivity (Wildman–Crippen MR) is 77.5 cm³/mol. The van der Waals surface area contributed by atoms with Crippen LogP contribution in [0.1, 0.15) is 22.7 Å². The van der Waals surface area contributed by atoms with E-state index < -0.39 is 12.1 Å². The Kier molecular flexibility index (Phi) is 4.59. The third-order valence-corrected chi connectivity index (χ3v) is 4.50. The van der Waals surface area contributed by atoms with Crippen LogP contribution in [0.2, 0.25) is 0 Å². The van der Waals surface area contributed by atoms with Gasteiger partial charge in [-0.3, -0.25) is 4.79 Å². The van der Waals surface area contributed by atoms with Crippen LogP contribution in [-0.2, 0) is 11.2 Å². The second-order valence-electron chi connectivity index (χ2n) is 5.06. The van der Waals surface area contributed by atoms with E-state index in [0.717, 1.165) is 17.8 Å². The average Bonchev–Trinajstić information content (AvgIpc) is 3.03. The van der Waals surface area contributed by atoms with E-state index in [4.69, 9.17) is 5.73 Å². The van der Waals surface area contributed by atoms with Crippen LogP contribution in [-0.4, -0.2) is 52.9 Å². The molecule has 2 N–H and O–H groups in total. The predicted octanol–water partition coefficient (Wildman–Crippen LogP) is 0.996. The second-order valence-corrected chi connectivity index (χ2v) is 6.38. The van der Waals surface area contributed by atoms with E-state index in [-0.39, 0.29) is 5.91 Å². The van der Waals surface area contributed by atoms with E-state index in [9.17, 15) is 9.59 Å². The number of aryl methyl sites for hydroxylation is 1. The van der Waals surface area contributed by atoms with Crippen LogP contribution in [0.15, 0.2) is 6.20 Å². The number of carbonyl (C=O) groups excluding carboxylic acids is 2. The molecule has 1 saturated heterocycles. The van der Waals surface area contributed by atoms with Crippen molar-refractivity contribution in [3.8, 4) is 0 Å². The van der Waals surface area contributed by atoms with Gasteiger partial charge in [0.2, 0.25) is 5.91 Å². The van der Waals surface area contributed by atoms with Crippen LogP contribution in [0.25, 0.3) is 0 Å². The molecule has 2 heterocycles. The number of hydrogen-bond donors (Lipinski definition) is 1. The summed E-state index contributed by atoms with van der Waals surface area (Å²) in [5.41, 5.74) is 5.30. The third kappa shape index (κ3) is 3.27. The van der Waals surface area contributed by atoms with Crippen molar-refractivity contribution in [2.45, 2.75) is 32.2 Å². The lowest BCUT2D eigenvalue weighted by Gasteiger charge is -2.26. The average molecular weight is 296 g/mol. The van der Waals surface area contributed by atoms with E-state index in [0.29, 0.717) is 19.5 Å². The molecule has 20 heavy (non-hydrogen) atoms. The lowest BCUT2D eigenvalue weighted by Crippen LogP contribution is -2.48. The van der Waals surface area contributed by atoms with Crippen molar-refractivity contribution < 1.29 is 9.59 Å². The number of amides is 3. The zero-order valence-electron chi connectivity index (χ0n) is 11.8. The molecule has 1 fully saturated rings. The first-order valence-electron chi connectivity index (χ1n) is 6.71. The summed E-state index contributed by atoms with van der Waals surface area (Å²) in [6, 6.07) is -0.902. The lowest BCUT2D eigenvalue weighted by atomic mass is 10.2. The number of hydrogen-bond acceptors (Lipinski definition) is 4. The molecule has 0 spiro atoms. The van der Waals surface area contributed by atoms with Crippen LogP contribution in [0.3, 0.4) is 0 Å². The van der Waals surface area contributed by atoms with Crippen molar-refractivity contribution in [1.82, 2.24) is 14.8 Å². The Morgan fingerprint density at radius 2 is 2.35 bits per heavy atom. The maximum atomic E-state index is 12.3. The standard InChI is InChI=1S/C13H20N4O2S/c1-9-8-15-11(20-9)5-7-16(2)12(18)10-4-3-6-17(10)13(14)19/h8,10H,3-7H2,1-2H3,(H2,14,19)/t10-/m0/s1. The van der Waals surface area contributed by atoms with Gasteiger partial charge in [-0.15, -0.1) is 11.3 Å². The highest BCUT2D eigenvalue weighted by atomic mass is 32.1.